The molecule has 1 aliphatic carbocycles. The van der Waals surface area contributed by atoms with Gasteiger partial charge in [-0.05, 0) is 18.5 Å². The molecular weight excluding hydrogens is 98.0 g/mol. The van der Waals surface area contributed by atoms with E-state index in [9.17, 15) is 0 Å². The summed E-state index contributed by atoms with van der Waals surface area (Å²) in [6, 6.07) is 0. The molecule has 0 heterocycles. The van der Waals surface area contributed by atoms with Gasteiger partial charge >= 0.3 is 18.9 Å². The molecule has 0 aromatic carbocycles. The molecule has 1 fully saturated rings. The summed E-state index contributed by atoms with van der Waals surface area (Å²) in [7, 11) is 2.79. The van der Waals surface area contributed by atoms with Crippen LogP contribution in [0.1, 0.15) is 25.7 Å². The first kappa shape index (κ1) is 8.03. The Labute approximate surface area is 59.8 Å². The van der Waals surface area contributed by atoms with Crippen molar-refractivity contribution in [3.63, 3.8) is 0 Å². The Morgan fingerprint density at radius 2 is 1.57 bits per heavy atom. The molecule has 0 aromatic rings. The van der Waals surface area contributed by atoms with Crippen LogP contribution in [0.4, 0.5) is 0 Å². The van der Waals surface area contributed by atoms with Crippen LogP contribution in [0.3, 0.4) is 0 Å². The molecule has 1 aliphatic rings. The summed E-state index contributed by atoms with van der Waals surface area (Å²) in [5.41, 5.74) is 1.62. The van der Waals surface area contributed by atoms with E-state index in [1.54, 1.807) is 5.66 Å². The summed E-state index contributed by atoms with van der Waals surface area (Å²) in [6.07, 6.45) is 5.59. The van der Waals surface area contributed by atoms with Crippen LogP contribution in [0.5, 0.6) is 0 Å². The van der Waals surface area contributed by atoms with E-state index in [0.29, 0.717) is 0 Å². The first-order valence-corrected chi connectivity index (χ1v) is 3.07. The van der Waals surface area contributed by atoms with Crippen molar-refractivity contribution in [1.82, 2.24) is 0 Å². The van der Waals surface area contributed by atoms with Crippen LogP contribution in [-0.4, -0.2) is 18.9 Å². The number of hydrogen-bond acceptors (Lipinski definition) is 0. The second kappa shape index (κ2) is 3.96. The Hall–Kier alpha value is 1.03. The van der Waals surface area contributed by atoms with Crippen LogP contribution in [0, 0.1) is 5.66 Å². The standard InChI is InChI=1S/C5H10P.Li.H/c6-5-3-1-2-4-5;;/h1-4,6H2;;. The van der Waals surface area contributed by atoms with Gasteiger partial charge in [-0.1, -0.05) is 12.8 Å². The molecule has 0 aliphatic heterocycles. The first-order chi connectivity index (χ1) is 2.89. The molecule has 0 nitrogen and oxygen atoms in total. The number of hydrogen-bond donors (Lipinski definition) is 0. The molecule has 1 atom stereocenters. The van der Waals surface area contributed by atoms with Gasteiger partial charge in [0.25, 0.3) is 0 Å². The Bertz CT molecular complexity index is 41.3. The van der Waals surface area contributed by atoms with Crippen molar-refractivity contribution >= 4 is 28.1 Å². The fourth-order valence-electron chi connectivity index (χ4n) is 0.829. The molecule has 2 heteroatoms. The van der Waals surface area contributed by atoms with Gasteiger partial charge in [-0.25, -0.2) is 0 Å². The Morgan fingerprint density at radius 1 is 1.14 bits per heavy atom. The molecule has 0 amide bonds. The topological polar surface area (TPSA) is 0 Å². The van der Waals surface area contributed by atoms with Crippen molar-refractivity contribution in [2.75, 3.05) is 0 Å². The van der Waals surface area contributed by atoms with Gasteiger partial charge in [-0.2, -0.15) is 0 Å². The third-order valence-electron chi connectivity index (χ3n) is 1.25. The number of rotatable bonds is 0. The average Bonchev–Trinajstić information content (AvgIpc) is 1.86. The second-order valence-corrected chi connectivity index (χ2v) is 2.68. The van der Waals surface area contributed by atoms with E-state index in [0.717, 1.165) is 0 Å². The average molecular weight is 109 g/mol. The van der Waals surface area contributed by atoms with Crippen LogP contribution in [0.15, 0.2) is 0 Å². The predicted molar refractivity (Wildman–Crippen MR) is 38.6 cm³/mol. The van der Waals surface area contributed by atoms with Crippen molar-refractivity contribution in [2.45, 2.75) is 25.7 Å². The van der Waals surface area contributed by atoms with Gasteiger partial charge in [0, 0.05) is 0 Å². The van der Waals surface area contributed by atoms with Gasteiger partial charge in [-0.15, -0.1) is 9.24 Å². The van der Waals surface area contributed by atoms with Crippen molar-refractivity contribution in [2.24, 2.45) is 0 Å². The summed E-state index contributed by atoms with van der Waals surface area (Å²) in [6.45, 7) is 0. The van der Waals surface area contributed by atoms with Crippen molar-refractivity contribution in [1.29, 1.82) is 0 Å². The van der Waals surface area contributed by atoms with E-state index in [-0.39, 0.29) is 18.9 Å². The molecule has 0 spiro atoms. The van der Waals surface area contributed by atoms with Crippen LogP contribution < -0.4 is 0 Å². The van der Waals surface area contributed by atoms with Gasteiger partial charge in [0.1, 0.15) is 0 Å². The van der Waals surface area contributed by atoms with E-state index < -0.39 is 0 Å². The molecule has 37 valence electrons. The van der Waals surface area contributed by atoms with E-state index >= 15 is 0 Å². The van der Waals surface area contributed by atoms with E-state index in [4.69, 9.17) is 0 Å². The monoisotopic (exact) mass is 109 g/mol. The van der Waals surface area contributed by atoms with Crippen molar-refractivity contribution < 1.29 is 0 Å². The summed E-state index contributed by atoms with van der Waals surface area (Å²) < 4.78 is 0. The van der Waals surface area contributed by atoms with E-state index in [1.807, 2.05) is 0 Å². The molecule has 0 saturated heterocycles. The fraction of sp³-hybridized carbons (Fsp3) is 0.800. The fourth-order valence-corrected chi connectivity index (χ4v) is 1.24. The first-order valence-electron chi connectivity index (χ1n) is 2.50. The summed E-state index contributed by atoms with van der Waals surface area (Å²) in [4.78, 5) is 0. The molecule has 0 bridgehead atoms. The van der Waals surface area contributed by atoms with E-state index in [1.165, 1.54) is 25.7 Å². The molecule has 0 aromatic heterocycles. The molecule has 1 radical (unpaired) electrons. The van der Waals surface area contributed by atoms with Gasteiger partial charge in [0.2, 0.25) is 0 Å². The zero-order chi connectivity index (χ0) is 4.41. The third-order valence-corrected chi connectivity index (χ3v) is 1.82. The van der Waals surface area contributed by atoms with Crippen molar-refractivity contribution in [3.05, 3.63) is 5.66 Å². The molecule has 1 unspecified atom stereocenters. The summed E-state index contributed by atoms with van der Waals surface area (Å²) >= 11 is 0. The van der Waals surface area contributed by atoms with Crippen molar-refractivity contribution in [3.8, 4) is 0 Å². The zero-order valence-electron chi connectivity index (χ0n) is 3.91. The van der Waals surface area contributed by atoms with Gasteiger partial charge < -0.3 is 0 Å². The summed E-state index contributed by atoms with van der Waals surface area (Å²) in [5.74, 6) is 0. The van der Waals surface area contributed by atoms with Crippen LogP contribution in [-0.2, 0) is 0 Å². The molecule has 1 rings (SSSR count). The van der Waals surface area contributed by atoms with Crippen LogP contribution in [0.2, 0.25) is 0 Å². The molecule has 1 saturated carbocycles. The molecular formula is C5H11LiP. The third kappa shape index (κ3) is 2.76. The maximum atomic E-state index is 2.79. The van der Waals surface area contributed by atoms with Gasteiger partial charge in [-0.3, -0.25) is 0 Å². The molecule has 0 N–H and O–H groups in total. The Morgan fingerprint density at radius 3 is 1.71 bits per heavy atom. The van der Waals surface area contributed by atoms with Gasteiger partial charge in [0.15, 0.2) is 0 Å². The van der Waals surface area contributed by atoms with Crippen LogP contribution in [0.25, 0.3) is 0 Å². The van der Waals surface area contributed by atoms with Gasteiger partial charge in [0.05, 0.1) is 0 Å². The normalized spacial score (nSPS) is 21.9. The van der Waals surface area contributed by atoms with Crippen LogP contribution >= 0.6 is 9.24 Å². The SMILES string of the molecule is P[C]1CCCC1.[LiH]. The predicted octanol–water partition coefficient (Wildman–Crippen LogP) is 1.32. The Kier molecular flexibility index (Phi) is 4.54. The quantitative estimate of drug-likeness (QED) is 0.325. The Balaban J connectivity index is 0.000000360. The zero-order valence-corrected chi connectivity index (χ0v) is 5.06. The minimum atomic E-state index is 0. The molecule has 7 heavy (non-hydrogen) atoms. The second-order valence-electron chi connectivity index (χ2n) is 1.87. The minimum absolute atomic E-state index is 0. The maximum absolute atomic E-state index is 2.79. The summed E-state index contributed by atoms with van der Waals surface area (Å²) in [5, 5.41) is 0. The van der Waals surface area contributed by atoms with E-state index in [2.05, 4.69) is 9.24 Å².